The summed E-state index contributed by atoms with van der Waals surface area (Å²) in [5.74, 6) is 0.575. The van der Waals surface area contributed by atoms with Gasteiger partial charge in [0.2, 0.25) is 0 Å². The van der Waals surface area contributed by atoms with Gasteiger partial charge in [-0.15, -0.1) is 0 Å². The molecule has 1 fully saturated rings. The molecule has 1 aliphatic rings. The van der Waals surface area contributed by atoms with Crippen LogP contribution in [-0.4, -0.2) is 22.0 Å². The maximum Gasteiger partial charge on any atom is 0.145 e. The average Bonchev–Trinajstić information content (AvgIpc) is 2.62. The number of hydrogen-bond donors (Lipinski definition) is 1. The highest BCUT2D eigenvalue weighted by molar-refractivity contribution is 5.23. The minimum atomic E-state index is 0.314. The fourth-order valence-corrected chi connectivity index (χ4v) is 1.71. The van der Waals surface area contributed by atoms with Gasteiger partial charge >= 0.3 is 0 Å². The second kappa shape index (κ2) is 3.38. The zero-order valence-corrected chi connectivity index (χ0v) is 7.81. The highest BCUT2D eigenvalue weighted by Crippen LogP contribution is 2.20. The second-order valence-electron chi connectivity index (χ2n) is 3.61. The monoisotopic (exact) mass is 181 g/mol. The van der Waals surface area contributed by atoms with Crippen LogP contribution < -0.4 is 5.73 Å². The van der Waals surface area contributed by atoms with Gasteiger partial charge in [0.15, 0.2) is 0 Å². The number of nitrogens with two attached hydrogens (primary N) is 1. The highest BCUT2D eigenvalue weighted by atomic mass is 16.5. The minimum Gasteiger partial charge on any atom is -0.382 e. The third-order valence-electron chi connectivity index (χ3n) is 2.37. The van der Waals surface area contributed by atoms with Gasteiger partial charge in [0.05, 0.1) is 18.8 Å². The Hall–Kier alpha value is -1.03. The van der Waals surface area contributed by atoms with E-state index in [0.29, 0.717) is 18.0 Å². The Labute approximate surface area is 77.7 Å². The van der Waals surface area contributed by atoms with E-state index in [9.17, 15) is 0 Å². The largest absolute Gasteiger partial charge is 0.382 e. The summed E-state index contributed by atoms with van der Waals surface area (Å²) in [6.45, 7) is 2.93. The molecule has 0 spiro atoms. The summed E-state index contributed by atoms with van der Waals surface area (Å²) in [5, 5.41) is 4.11. The van der Waals surface area contributed by atoms with E-state index in [-0.39, 0.29) is 0 Å². The lowest BCUT2D eigenvalue weighted by atomic mass is 10.2. The molecule has 0 bridgehead atoms. The number of aromatic nitrogens is 2. The number of anilines is 1. The van der Waals surface area contributed by atoms with E-state index >= 15 is 0 Å². The molecular formula is C9H15N3O. The molecule has 72 valence electrons. The van der Waals surface area contributed by atoms with Crippen LogP contribution >= 0.6 is 0 Å². The molecule has 13 heavy (non-hydrogen) atoms. The summed E-state index contributed by atoms with van der Waals surface area (Å²) >= 11 is 0. The molecule has 0 saturated carbocycles. The summed E-state index contributed by atoms with van der Waals surface area (Å²) in [5.41, 5.74) is 5.51. The normalized spacial score (nSPS) is 28.1. The van der Waals surface area contributed by atoms with Gasteiger partial charge < -0.3 is 10.5 Å². The Bertz CT molecular complexity index is 284. The first-order valence-corrected chi connectivity index (χ1v) is 4.68. The molecule has 1 aliphatic heterocycles. The van der Waals surface area contributed by atoms with Gasteiger partial charge in [0, 0.05) is 6.20 Å². The predicted octanol–water partition coefficient (Wildman–Crippen LogP) is 1.03. The van der Waals surface area contributed by atoms with Crippen molar-refractivity contribution in [1.82, 2.24) is 9.78 Å². The Kier molecular flexibility index (Phi) is 2.22. The molecule has 0 radical (unpaired) electrons. The van der Waals surface area contributed by atoms with E-state index in [1.54, 1.807) is 6.07 Å². The van der Waals surface area contributed by atoms with Crippen molar-refractivity contribution in [3.05, 3.63) is 12.3 Å². The molecule has 0 aliphatic carbocycles. The Balaban J connectivity index is 1.91. The summed E-state index contributed by atoms with van der Waals surface area (Å²) in [6.07, 6.45) is 4.89. The highest BCUT2D eigenvalue weighted by Gasteiger charge is 2.21. The fourth-order valence-electron chi connectivity index (χ4n) is 1.71. The van der Waals surface area contributed by atoms with E-state index in [1.807, 2.05) is 10.9 Å². The fraction of sp³-hybridized carbons (Fsp3) is 0.667. The predicted molar refractivity (Wildman–Crippen MR) is 50.2 cm³/mol. The van der Waals surface area contributed by atoms with E-state index in [2.05, 4.69) is 12.0 Å². The number of ether oxygens (including phenoxy) is 1. The molecule has 2 unspecified atom stereocenters. The summed E-state index contributed by atoms with van der Waals surface area (Å²) in [7, 11) is 0. The molecule has 2 rings (SSSR count). The van der Waals surface area contributed by atoms with Crippen molar-refractivity contribution in [3.63, 3.8) is 0 Å². The zero-order valence-electron chi connectivity index (χ0n) is 7.81. The van der Waals surface area contributed by atoms with Gasteiger partial charge in [-0.3, -0.25) is 4.68 Å². The van der Waals surface area contributed by atoms with Gasteiger partial charge in [0.25, 0.3) is 0 Å². The molecule has 2 atom stereocenters. The maximum atomic E-state index is 5.67. The van der Waals surface area contributed by atoms with Crippen molar-refractivity contribution in [2.24, 2.45) is 0 Å². The second-order valence-corrected chi connectivity index (χ2v) is 3.61. The maximum absolute atomic E-state index is 5.67. The molecule has 2 heterocycles. The van der Waals surface area contributed by atoms with Gasteiger partial charge in [-0.1, -0.05) is 0 Å². The van der Waals surface area contributed by atoms with Crippen molar-refractivity contribution < 1.29 is 4.74 Å². The van der Waals surface area contributed by atoms with Crippen LogP contribution in [0.2, 0.25) is 0 Å². The molecule has 0 aromatic carbocycles. The van der Waals surface area contributed by atoms with Crippen LogP contribution in [0.4, 0.5) is 5.82 Å². The van der Waals surface area contributed by atoms with Crippen molar-refractivity contribution >= 4 is 5.82 Å². The van der Waals surface area contributed by atoms with Crippen LogP contribution in [0.15, 0.2) is 12.3 Å². The number of rotatable bonds is 2. The van der Waals surface area contributed by atoms with Crippen molar-refractivity contribution in [2.45, 2.75) is 38.5 Å². The zero-order chi connectivity index (χ0) is 9.26. The third-order valence-corrected chi connectivity index (χ3v) is 2.37. The van der Waals surface area contributed by atoms with Crippen LogP contribution in [0, 0.1) is 0 Å². The molecule has 1 saturated heterocycles. The minimum absolute atomic E-state index is 0.314. The lowest BCUT2D eigenvalue weighted by Crippen LogP contribution is -2.16. The van der Waals surface area contributed by atoms with E-state index in [1.165, 1.54) is 0 Å². The summed E-state index contributed by atoms with van der Waals surface area (Å²) < 4.78 is 7.52. The van der Waals surface area contributed by atoms with Gasteiger partial charge in [-0.2, -0.15) is 5.10 Å². The quantitative estimate of drug-likeness (QED) is 0.741. The lowest BCUT2D eigenvalue weighted by molar-refractivity contribution is 0.0437. The molecule has 1 aromatic rings. The van der Waals surface area contributed by atoms with E-state index < -0.39 is 0 Å². The summed E-state index contributed by atoms with van der Waals surface area (Å²) in [6, 6.07) is 1.80. The first-order chi connectivity index (χ1) is 6.24. The van der Waals surface area contributed by atoms with Crippen molar-refractivity contribution in [3.8, 4) is 0 Å². The topological polar surface area (TPSA) is 53.1 Å². The molecule has 4 heteroatoms. The SMILES string of the molecule is CC1CCC(Cn2ccc(N)n2)O1. The van der Waals surface area contributed by atoms with Crippen LogP contribution in [0.3, 0.4) is 0 Å². The first-order valence-electron chi connectivity index (χ1n) is 4.68. The molecule has 1 aromatic heterocycles. The van der Waals surface area contributed by atoms with Crippen molar-refractivity contribution in [2.75, 3.05) is 5.73 Å². The van der Waals surface area contributed by atoms with Crippen LogP contribution in [0.5, 0.6) is 0 Å². The first kappa shape index (κ1) is 8.56. The van der Waals surface area contributed by atoms with Crippen LogP contribution in [0.25, 0.3) is 0 Å². The van der Waals surface area contributed by atoms with Crippen LogP contribution in [0.1, 0.15) is 19.8 Å². The molecule has 2 N–H and O–H groups in total. The van der Waals surface area contributed by atoms with Crippen LogP contribution in [-0.2, 0) is 11.3 Å². The standard InChI is InChI=1S/C9H15N3O/c1-7-2-3-8(13-7)6-12-5-4-9(10)11-12/h4-5,7-8H,2-3,6H2,1H3,(H2,10,11). The van der Waals surface area contributed by atoms with Gasteiger partial charge in [0.1, 0.15) is 5.82 Å². The van der Waals surface area contributed by atoms with E-state index in [4.69, 9.17) is 10.5 Å². The Morgan fingerprint density at radius 1 is 1.69 bits per heavy atom. The lowest BCUT2D eigenvalue weighted by Gasteiger charge is -2.10. The Morgan fingerprint density at radius 2 is 2.54 bits per heavy atom. The molecule has 4 nitrogen and oxygen atoms in total. The third kappa shape index (κ3) is 2.01. The van der Waals surface area contributed by atoms with Crippen molar-refractivity contribution in [1.29, 1.82) is 0 Å². The van der Waals surface area contributed by atoms with Gasteiger partial charge in [-0.05, 0) is 25.8 Å². The van der Waals surface area contributed by atoms with Gasteiger partial charge in [-0.25, -0.2) is 0 Å². The van der Waals surface area contributed by atoms with E-state index in [0.717, 1.165) is 19.4 Å². The average molecular weight is 181 g/mol. The summed E-state index contributed by atoms with van der Waals surface area (Å²) in [4.78, 5) is 0. The molecular weight excluding hydrogens is 166 g/mol. The number of hydrogen-bond acceptors (Lipinski definition) is 3. The number of nitrogens with zero attached hydrogens (tertiary/aromatic N) is 2. The Morgan fingerprint density at radius 3 is 3.08 bits per heavy atom. The molecule has 0 amide bonds. The number of nitrogen functional groups attached to an aromatic ring is 1. The smallest absolute Gasteiger partial charge is 0.145 e.